The standard InChI is InChI=1S/C36H37F2N5O3/c1-3-9-23-10-5-11-24-12-6-14-27(30(23)24)32-31(38)33-28(19-39-32)34(42-16-7-13-26(21-42)46-29(44)4-2)41-35(40-33)45-22-36-15-8-17-43(36)20-25(37)18-36/h3-6,10-12,14,19,25-26H,1-2,7-9,13,15-18,20-22H2/t25-,26-,36+/m1/s1. The molecule has 2 aromatic carbocycles. The van der Waals surface area contributed by atoms with Gasteiger partial charge in [0.05, 0.1) is 17.5 Å². The molecule has 0 unspecified atom stereocenters. The van der Waals surface area contributed by atoms with Gasteiger partial charge in [0, 0.05) is 37.3 Å². The maximum Gasteiger partial charge on any atom is 0.330 e. The Morgan fingerprint density at radius 1 is 1.11 bits per heavy atom. The molecule has 0 saturated carbocycles. The molecule has 5 heterocycles. The Labute approximate surface area is 266 Å². The van der Waals surface area contributed by atoms with Crippen LogP contribution in [0.3, 0.4) is 0 Å². The summed E-state index contributed by atoms with van der Waals surface area (Å²) in [6.07, 6.45) is 7.56. The van der Waals surface area contributed by atoms with Crippen molar-refractivity contribution >= 4 is 33.5 Å². The van der Waals surface area contributed by atoms with Crippen LogP contribution in [0.15, 0.2) is 67.9 Å². The molecule has 0 N–H and O–H groups in total. The molecule has 238 valence electrons. The SMILES string of the molecule is C=CCc1cccc2cccc(-c3ncc4c(N5CCC[C@@H](OC(=O)C=C)C5)nc(OC[C@@]56CCCN5C[C@H](F)C6)nc4c3F)c12. The van der Waals surface area contributed by atoms with E-state index in [1.807, 2.05) is 47.4 Å². The molecule has 3 aliphatic heterocycles. The van der Waals surface area contributed by atoms with Gasteiger partial charge in [0.15, 0.2) is 5.82 Å². The summed E-state index contributed by atoms with van der Waals surface area (Å²) in [5, 5.41) is 2.31. The lowest BCUT2D eigenvalue weighted by Gasteiger charge is -2.34. The number of alkyl halides is 1. The molecule has 0 bridgehead atoms. The van der Waals surface area contributed by atoms with E-state index in [1.54, 1.807) is 6.20 Å². The number of ether oxygens (including phenoxy) is 2. The minimum atomic E-state index is -0.904. The number of piperidine rings is 1. The summed E-state index contributed by atoms with van der Waals surface area (Å²) in [7, 11) is 0. The number of carbonyl (C=O) groups excluding carboxylic acids is 1. The van der Waals surface area contributed by atoms with Crippen LogP contribution < -0.4 is 9.64 Å². The van der Waals surface area contributed by atoms with Crippen LogP contribution in [0.1, 0.15) is 37.7 Å². The topological polar surface area (TPSA) is 80.7 Å². The molecular formula is C36H37F2N5O3. The Balaban J connectivity index is 1.33. The molecule has 0 radical (unpaired) electrons. The third kappa shape index (κ3) is 5.48. The molecule has 0 amide bonds. The van der Waals surface area contributed by atoms with Crippen LogP contribution in [0, 0.1) is 5.82 Å². The second-order valence-electron chi connectivity index (χ2n) is 12.5. The Bertz CT molecular complexity index is 1830. The van der Waals surface area contributed by atoms with E-state index in [1.165, 1.54) is 0 Å². The molecule has 4 aromatic rings. The monoisotopic (exact) mass is 625 g/mol. The number of aromatic nitrogens is 3. The maximum absolute atomic E-state index is 16.8. The van der Waals surface area contributed by atoms with Gasteiger partial charge in [-0.1, -0.05) is 49.1 Å². The highest BCUT2D eigenvalue weighted by Gasteiger charge is 2.49. The quantitative estimate of drug-likeness (QED) is 0.121. The summed E-state index contributed by atoms with van der Waals surface area (Å²) < 4.78 is 43.2. The zero-order chi connectivity index (χ0) is 31.8. The van der Waals surface area contributed by atoms with Crippen molar-refractivity contribution in [3.63, 3.8) is 0 Å². The third-order valence-corrected chi connectivity index (χ3v) is 9.61. The molecule has 10 heteroatoms. The van der Waals surface area contributed by atoms with Gasteiger partial charge in [-0.2, -0.15) is 9.97 Å². The molecule has 7 rings (SSSR count). The number of rotatable bonds is 9. The lowest BCUT2D eigenvalue weighted by molar-refractivity contribution is -0.143. The van der Waals surface area contributed by atoms with Crippen molar-refractivity contribution in [2.45, 2.75) is 56.3 Å². The molecule has 3 aliphatic rings. The van der Waals surface area contributed by atoms with Crippen molar-refractivity contribution < 1.29 is 23.0 Å². The van der Waals surface area contributed by atoms with Gasteiger partial charge in [0.1, 0.15) is 35.9 Å². The van der Waals surface area contributed by atoms with Crippen molar-refractivity contribution in [1.29, 1.82) is 0 Å². The molecule has 3 atom stereocenters. The first kappa shape index (κ1) is 30.2. The minimum Gasteiger partial charge on any atom is -0.461 e. The smallest absolute Gasteiger partial charge is 0.330 e. The van der Waals surface area contributed by atoms with Crippen LogP contribution in [-0.2, 0) is 16.0 Å². The van der Waals surface area contributed by atoms with Gasteiger partial charge in [-0.3, -0.25) is 9.88 Å². The van der Waals surface area contributed by atoms with Crippen molar-refractivity contribution in [3.8, 4) is 17.3 Å². The predicted molar refractivity (Wildman–Crippen MR) is 174 cm³/mol. The fraction of sp³-hybridized carbons (Fsp3) is 0.389. The predicted octanol–water partition coefficient (Wildman–Crippen LogP) is 6.37. The molecular weight excluding hydrogens is 588 g/mol. The van der Waals surface area contributed by atoms with E-state index < -0.39 is 23.5 Å². The largest absolute Gasteiger partial charge is 0.461 e. The van der Waals surface area contributed by atoms with E-state index in [4.69, 9.17) is 14.5 Å². The van der Waals surface area contributed by atoms with E-state index in [-0.39, 0.29) is 29.9 Å². The van der Waals surface area contributed by atoms with Gasteiger partial charge in [-0.05, 0) is 55.0 Å². The molecule has 3 fully saturated rings. The second kappa shape index (κ2) is 12.4. The van der Waals surface area contributed by atoms with E-state index in [0.29, 0.717) is 55.7 Å². The van der Waals surface area contributed by atoms with Gasteiger partial charge in [0.2, 0.25) is 0 Å². The minimum absolute atomic E-state index is 0.0255. The zero-order valence-corrected chi connectivity index (χ0v) is 25.8. The summed E-state index contributed by atoms with van der Waals surface area (Å²) in [5.41, 5.74) is 1.53. The van der Waals surface area contributed by atoms with Crippen LogP contribution in [0.4, 0.5) is 14.6 Å². The van der Waals surface area contributed by atoms with Gasteiger partial charge < -0.3 is 14.4 Å². The van der Waals surface area contributed by atoms with E-state index in [0.717, 1.165) is 48.2 Å². The third-order valence-electron chi connectivity index (χ3n) is 9.61. The first-order valence-corrected chi connectivity index (χ1v) is 16.0. The fourth-order valence-corrected chi connectivity index (χ4v) is 7.54. The van der Waals surface area contributed by atoms with Crippen molar-refractivity contribution in [2.75, 3.05) is 37.7 Å². The Hall–Kier alpha value is -4.44. The van der Waals surface area contributed by atoms with E-state index in [2.05, 4.69) is 28.0 Å². The number of allylic oxidation sites excluding steroid dienone is 1. The van der Waals surface area contributed by atoms with Crippen LogP contribution in [0.2, 0.25) is 0 Å². The molecule has 0 spiro atoms. The van der Waals surface area contributed by atoms with E-state index >= 15 is 4.39 Å². The lowest BCUT2D eigenvalue weighted by atomic mass is 9.95. The number of benzene rings is 2. The molecule has 8 nitrogen and oxygen atoms in total. The van der Waals surface area contributed by atoms with Crippen molar-refractivity contribution in [1.82, 2.24) is 19.9 Å². The summed E-state index contributed by atoms with van der Waals surface area (Å²) in [4.78, 5) is 30.2. The Kier molecular flexibility index (Phi) is 8.15. The number of pyridine rings is 1. The van der Waals surface area contributed by atoms with Crippen LogP contribution in [0.5, 0.6) is 6.01 Å². The van der Waals surface area contributed by atoms with Crippen molar-refractivity contribution in [3.05, 3.63) is 79.3 Å². The first-order chi connectivity index (χ1) is 22.4. The van der Waals surface area contributed by atoms with Gasteiger partial charge in [-0.15, -0.1) is 6.58 Å². The maximum atomic E-state index is 16.8. The van der Waals surface area contributed by atoms with Gasteiger partial charge in [0.25, 0.3) is 0 Å². The molecule has 3 saturated heterocycles. The molecule has 0 aliphatic carbocycles. The number of hydrogen-bond acceptors (Lipinski definition) is 8. The number of esters is 1. The number of hydrogen-bond donors (Lipinski definition) is 0. The lowest BCUT2D eigenvalue weighted by Crippen LogP contribution is -2.43. The van der Waals surface area contributed by atoms with Gasteiger partial charge >= 0.3 is 12.0 Å². The second-order valence-corrected chi connectivity index (χ2v) is 12.5. The summed E-state index contributed by atoms with van der Waals surface area (Å²) in [6, 6.07) is 11.8. The highest BCUT2D eigenvalue weighted by atomic mass is 19.1. The van der Waals surface area contributed by atoms with Crippen LogP contribution in [0.25, 0.3) is 32.9 Å². The number of carbonyl (C=O) groups is 1. The number of nitrogens with zero attached hydrogens (tertiary/aromatic N) is 5. The Morgan fingerprint density at radius 3 is 2.78 bits per heavy atom. The normalized spacial score (nSPS) is 23.0. The first-order valence-electron chi connectivity index (χ1n) is 16.0. The summed E-state index contributed by atoms with van der Waals surface area (Å²) >= 11 is 0. The molecule has 46 heavy (non-hydrogen) atoms. The highest BCUT2D eigenvalue weighted by Crippen LogP contribution is 2.41. The number of anilines is 1. The van der Waals surface area contributed by atoms with Gasteiger partial charge in [-0.25, -0.2) is 13.6 Å². The number of fused-ring (bicyclic) bond motifs is 3. The fourth-order valence-electron chi connectivity index (χ4n) is 7.54. The zero-order valence-electron chi connectivity index (χ0n) is 25.8. The van der Waals surface area contributed by atoms with E-state index in [9.17, 15) is 9.18 Å². The average Bonchev–Trinajstić information content (AvgIpc) is 3.59. The molecule has 2 aromatic heterocycles. The van der Waals surface area contributed by atoms with Crippen molar-refractivity contribution in [2.24, 2.45) is 0 Å². The summed E-state index contributed by atoms with van der Waals surface area (Å²) in [6.45, 7) is 9.83. The van der Waals surface area contributed by atoms with Crippen LogP contribution >= 0.6 is 0 Å². The Morgan fingerprint density at radius 2 is 1.96 bits per heavy atom. The number of halogens is 2. The highest BCUT2D eigenvalue weighted by molar-refractivity contribution is 6.00. The average molecular weight is 626 g/mol. The van der Waals surface area contributed by atoms with Crippen LogP contribution in [-0.4, -0.2) is 76.4 Å². The summed E-state index contributed by atoms with van der Waals surface area (Å²) in [5.74, 6) is -0.614.